The van der Waals surface area contributed by atoms with Gasteiger partial charge in [0.05, 0.1) is 5.41 Å². The van der Waals surface area contributed by atoms with E-state index in [4.69, 9.17) is 16.3 Å². The Morgan fingerprint density at radius 3 is 1.74 bits per heavy atom. The lowest BCUT2D eigenvalue weighted by Gasteiger charge is -2.39. The highest BCUT2D eigenvalue weighted by atomic mass is 35.5. The van der Waals surface area contributed by atoms with Gasteiger partial charge in [0.2, 0.25) is 0 Å². The molecule has 0 saturated carbocycles. The largest absolute Gasteiger partial charge is 0.457 e. The molecule has 0 fully saturated rings. The molecule has 0 amide bonds. The minimum Gasteiger partial charge on any atom is -0.457 e. The first-order chi connectivity index (χ1) is 19.2. The summed E-state index contributed by atoms with van der Waals surface area (Å²) in [6.07, 6.45) is 0. The number of rotatable bonds is 2. The van der Waals surface area contributed by atoms with Crippen LogP contribution in [0.3, 0.4) is 0 Å². The first-order valence-corrected chi connectivity index (χ1v) is 13.6. The van der Waals surface area contributed by atoms with Crippen molar-refractivity contribution < 1.29 is 4.74 Å². The predicted molar refractivity (Wildman–Crippen MR) is 160 cm³/mol. The van der Waals surface area contributed by atoms with Gasteiger partial charge < -0.3 is 4.74 Å². The third-order valence-corrected chi connectivity index (χ3v) is 8.47. The van der Waals surface area contributed by atoms with E-state index in [0.717, 1.165) is 22.1 Å². The van der Waals surface area contributed by atoms with E-state index >= 15 is 0 Å². The van der Waals surface area contributed by atoms with E-state index in [2.05, 4.69) is 127 Å². The van der Waals surface area contributed by atoms with Gasteiger partial charge >= 0.3 is 0 Å². The zero-order valence-corrected chi connectivity index (χ0v) is 21.8. The van der Waals surface area contributed by atoms with Crippen LogP contribution in [0.15, 0.2) is 140 Å². The van der Waals surface area contributed by atoms with E-state index in [0.29, 0.717) is 0 Å². The molecule has 0 bridgehead atoms. The summed E-state index contributed by atoms with van der Waals surface area (Å²) in [6.45, 7) is 0. The highest BCUT2D eigenvalue weighted by Crippen LogP contribution is 2.63. The number of ether oxygens (including phenoxy) is 1. The van der Waals surface area contributed by atoms with E-state index in [1.807, 2.05) is 12.1 Å². The van der Waals surface area contributed by atoms with Crippen LogP contribution < -0.4 is 4.74 Å². The molecule has 1 aliphatic carbocycles. The maximum absolute atomic E-state index is 6.47. The fourth-order valence-corrected chi connectivity index (χ4v) is 6.78. The molecular formula is C37H23ClO. The SMILES string of the molecule is Clc1ccc(-c2cccc(-c3cccc4c3-c3ccccc3C43c4ccccc4Oc4ccccc43)c2)cc1. The summed E-state index contributed by atoms with van der Waals surface area (Å²) in [5.41, 5.74) is 11.8. The minimum absolute atomic E-state index is 0.457. The predicted octanol–water partition coefficient (Wildman–Crippen LogP) is 10.1. The Labute approximate surface area is 232 Å². The topological polar surface area (TPSA) is 9.23 Å². The summed E-state index contributed by atoms with van der Waals surface area (Å²) >= 11 is 6.17. The van der Waals surface area contributed by atoms with Crippen molar-refractivity contribution in [2.24, 2.45) is 0 Å². The molecule has 6 aromatic carbocycles. The van der Waals surface area contributed by atoms with E-state index in [-0.39, 0.29) is 0 Å². The summed E-state index contributed by atoms with van der Waals surface area (Å²) in [7, 11) is 0. The van der Waals surface area contributed by atoms with Crippen LogP contribution in [0.5, 0.6) is 11.5 Å². The zero-order chi connectivity index (χ0) is 26.0. The molecule has 8 rings (SSSR count). The Bertz CT molecular complexity index is 1850. The minimum atomic E-state index is -0.457. The molecule has 1 heterocycles. The molecule has 0 saturated heterocycles. The van der Waals surface area contributed by atoms with Gasteiger partial charge in [-0.3, -0.25) is 0 Å². The van der Waals surface area contributed by atoms with Crippen LogP contribution >= 0.6 is 11.6 Å². The quantitative estimate of drug-likeness (QED) is 0.221. The third kappa shape index (κ3) is 3.14. The van der Waals surface area contributed by atoms with Crippen molar-refractivity contribution in [1.29, 1.82) is 0 Å². The fourth-order valence-electron chi connectivity index (χ4n) is 6.65. The molecule has 1 nitrogen and oxygen atoms in total. The van der Waals surface area contributed by atoms with Crippen molar-refractivity contribution in [3.63, 3.8) is 0 Å². The molecular weight excluding hydrogens is 496 g/mol. The number of halogens is 1. The summed E-state index contributed by atoms with van der Waals surface area (Å²) in [4.78, 5) is 0. The van der Waals surface area contributed by atoms with Crippen LogP contribution in [0.2, 0.25) is 5.02 Å². The van der Waals surface area contributed by atoms with Gasteiger partial charge in [0.1, 0.15) is 11.5 Å². The highest BCUT2D eigenvalue weighted by Gasteiger charge is 2.51. The van der Waals surface area contributed by atoms with Gasteiger partial charge in [-0.25, -0.2) is 0 Å². The lowest BCUT2D eigenvalue weighted by molar-refractivity contribution is 0.436. The molecule has 2 heteroatoms. The molecule has 6 aromatic rings. The Morgan fingerprint density at radius 1 is 0.436 bits per heavy atom. The summed E-state index contributed by atoms with van der Waals surface area (Å²) < 4.78 is 6.47. The first-order valence-electron chi connectivity index (χ1n) is 13.2. The van der Waals surface area contributed by atoms with Gasteiger partial charge in [0, 0.05) is 16.1 Å². The molecule has 0 atom stereocenters. The Morgan fingerprint density at radius 2 is 1.00 bits per heavy atom. The number of hydrogen-bond acceptors (Lipinski definition) is 1. The second kappa shape index (κ2) is 8.46. The number of para-hydroxylation sites is 2. The van der Waals surface area contributed by atoms with Gasteiger partial charge in [-0.05, 0) is 74.8 Å². The standard InChI is InChI=1S/C37H23ClO/c38-27-21-19-24(20-22-27)25-9-7-10-26(23-25)28-12-8-16-33-36(28)29-11-1-2-13-30(29)37(33)31-14-3-5-17-34(31)39-35-18-6-4-15-32(35)37/h1-23H. The van der Waals surface area contributed by atoms with E-state index in [1.165, 1.54) is 50.1 Å². The van der Waals surface area contributed by atoms with Crippen molar-refractivity contribution in [3.8, 4) is 44.9 Å². The highest BCUT2D eigenvalue weighted by molar-refractivity contribution is 6.30. The smallest absolute Gasteiger partial charge is 0.132 e. The summed E-state index contributed by atoms with van der Waals surface area (Å²) in [6, 6.07) is 49.5. The molecule has 0 aromatic heterocycles. The lowest BCUT2D eigenvalue weighted by Crippen LogP contribution is -2.32. The van der Waals surface area contributed by atoms with E-state index < -0.39 is 5.41 Å². The van der Waals surface area contributed by atoms with Gasteiger partial charge in [0.25, 0.3) is 0 Å². The second-order valence-corrected chi connectivity index (χ2v) is 10.6. The van der Waals surface area contributed by atoms with Crippen molar-refractivity contribution in [1.82, 2.24) is 0 Å². The van der Waals surface area contributed by atoms with Crippen LogP contribution in [-0.2, 0) is 5.41 Å². The molecule has 0 unspecified atom stereocenters. The second-order valence-electron chi connectivity index (χ2n) is 10.2. The zero-order valence-electron chi connectivity index (χ0n) is 21.1. The molecule has 0 N–H and O–H groups in total. The molecule has 0 radical (unpaired) electrons. The van der Waals surface area contributed by atoms with Crippen LogP contribution in [0, 0.1) is 0 Å². The van der Waals surface area contributed by atoms with Gasteiger partial charge in [-0.15, -0.1) is 0 Å². The van der Waals surface area contributed by atoms with Crippen molar-refractivity contribution in [2.45, 2.75) is 5.41 Å². The Balaban J connectivity index is 1.44. The van der Waals surface area contributed by atoms with Crippen molar-refractivity contribution in [3.05, 3.63) is 167 Å². The van der Waals surface area contributed by atoms with Crippen LogP contribution in [-0.4, -0.2) is 0 Å². The van der Waals surface area contributed by atoms with Crippen LogP contribution in [0.25, 0.3) is 33.4 Å². The van der Waals surface area contributed by atoms with E-state index in [9.17, 15) is 0 Å². The Hall–Kier alpha value is -4.59. The lowest BCUT2D eigenvalue weighted by atomic mass is 9.66. The Kier molecular flexibility index (Phi) is 4.86. The van der Waals surface area contributed by atoms with Gasteiger partial charge in [-0.2, -0.15) is 0 Å². The van der Waals surface area contributed by atoms with Crippen LogP contribution in [0.4, 0.5) is 0 Å². The summed E-state index contributed by atoms with van der Waals surface area (Å²) in [5.74, 6) is 1.82. The normalized spacial score (nSPS) is 13.7. The maximum atomic E-state index is 6.47. The maximum Gasteiger partial charge on any atom is 0.132 e. The average molecular weight is 519 g/mol. The number of hydrogen-bond donors (Lipinski definition) is 0. The molecule has 39 heavy (non-hydrogen) atoms. The van der Waals surface area contributed by atoms with Gasteiger partial charge in [0.15, 0.2) is 0 Å². The fraction of sp³-hybridized carbons (Fsp3) is 0.0270. The number of benzene rings is 6. The third-order valence-electron chi connectivity index (χ3n) is 8.22. The summed E-state index contributed by atoms with van der Waals surface area (Å²) in [5, 5.41) is 0.745. The average Bonchev–Trinajstić information content (AvgIpc) is 3.29. The number of fused-ring (bicyclic) bond motifs is 9. The van der Waals surface area contributed by atoms with E-state index in [1.54, 1.807) is 0 Å². The van der Waals surface area contributed by atoms with Crippen LogP contribution in [0.1, 0.15) is 22.3 Å². The van der Waals surface area contributed by atoms with Crippen molar-refractivity contribution >= 4 is 11.6 Å². The monoisotopic (exact) mass is 518 g/mol. The molecule has 1 aliphatic heterocycles. The molecule has 184 valence electrons. The molecule has 2 aliphatic rings. The van der Waals surface area contributed by atoms with Crippen molar-refractivity contribution in [2.75, 3.05) is 0 Å². The van der Waals surface area contributed by atoms with Gasteiger partial charge in [-0.1, -0.05) is 121 Å². The molecule has 1 spiro atoms. The first kappa shape index (κ1) is 22.4.